The first-order chi connectivity index (χ1) is 11.2. The van der Waals surface area contributed by atoms with Gasteiger partial charge in [0.1, 0.15) is 11.9 Å². The van der Waals surface area contributed by atoms with Crippen molar-refractivity contribution in [1.82, 2.24) is 14.3 Å². The van der Waals surface area contributed by atoms with E-state index in [1.807, 2.05) is 4.90 Å². The monoisotopic (exact) mass is 338 g/mol. The highest BCUT2D eigenvalue weighted by molar-refractivity contribution is 7.09. The van der Waals surface area contributed by atoms with Crippen LogP contribution in [0, 0.1) is 0 Å². The Morgan fingerprint density at radius 1 is 1.26 bits per heavy atom. The number of ether oxygens (including phenoxy) is 1. The molecule has 0 aromatic carbocycles. The van der Waals surface area contributed by atoms with Gasteiger partial charge >= 0.3 is 0 Å². The Kier molecular flexibility index (Phi) is 5.48. The quantitative estimate of drug-likeness (QED) is 0.841. The minimum Gasteiger partial charge on any atom is -0.365 e. The zero-order valence-electron chi connectivity index (χ0n) is 14.0. The molecule has 3 rings (SSSR count). The Labute approximate surface area is 142 Å². The number of anilines is 1. The summed E-state index contributed by atoms with van der Waals surface area (Å²) in [6, 6.07) is 0. The molecule has 1 aromatic heterocycles. The summed E-state index contributed by atoms with van der Waals surface area (Å²) < 4.78 is 10.2. The average molecular weight is 338 g/mol. The van der Waals surface area contributed by atoms with Crippen LogP contribution >= 0.6 is 11.5 Å². The van der Waals surface area contributed by atoms with Gasteiger partial charge in [-0.15, -0.1) is 0 Å². The third-order valence-corrected chi connectivity index (χ3v) is 5.50. The molecule has 2 atom stereocenters. The summed E-state index contributed by atoms with van der Waals surface area (Å²) >= 11 is 1.46. The van der Waals surface area contributed by atoms with E-state index in [1.165, 1.54) is 11.5 Å². The van der Waals surface area contributed by atoms with Crippen molar-refractivity contribution in [2.24, 2.45) is 0 Å². The number of carbonyl (C=O) groups is 1. The highest BCUT2D eigenvalue weighted by atomic mass is 32.1. The Balaban J connectivity index is 1.56. The second-order valence-corrected chi connectivity index (χ2v) is 6.98. The number of carbonyl (C=O) groups excluding carboxylic acids is 1. The highest BCUT2D eigenvalue weighted by Crippen LogP contribution is 2.24. The first kappa shape index (κ1) is 16.6. The van der Waals surface area contributed by atoms with Crippen molar-refractivity contribution < 1.29 is 9.53 Å². The van der Waals surface area contributed by atoms with Crippen molar-refractivity contribution in [1.29, 1.82) is 0 Å². The molecule has 0 spiro atoms. The van der Waals surface area contributed by atoms with Crippen molar-refractivity contribution in [2.75, 3.05) is 31.1 Å². The van der Waals surface area contributed by atoms with Crippen LogP contribution in [0.1, 0.15) is 45.4 Å². The van der Waals surface area contributed by atoms with Crippen molar-refractivity contribution in [3.63, 3.8) is 0 Å². The average Bonchev–Trinajstić information content (AvgIpc) is 3.18. The zero-order chi connectivity index (χ0) is 16.2. The molecule has 1 amide bonds. The van der Waals surface area contributed by atoms with E-state index in [2.05, 4.69) is 28.1 Å². The van der Waals surface area contributed by atoms with Crippen LogP contribution in [0.15, 0.2) is 0 Å². The van der Waals surface area contributed by atoms with Gasteiger partial charge in [0.15, 0.2) is 0 Å². The highest BCUT2D eigenvalue weighted by Gasteiger charge is 2.33. The summed E-state index contributed by atoms with van der Waals surface area (Å²) in [6.45, 7) is 7.51. The van der Waals surface area contributed by atoms with Crippen LogP contribution in [0.4, 0.5) is 5.13 Å². The number of aromatic nitrogens is 2. The second kappa shape index (κ2) is 7.57. The molecular weight excluding hydrogens is 312 g/mol. The van der Waals surface area contributed by atoms with E-state index in [9.17, 15) is 4.79 Å². The summed E-state index contributed by atoms with van der Waals surface area (Å²) in [4.78, 5) is 21.5. The van der Waals surface area contributed by atoms with Crippen LogP contribution in [0.3, 0.4) is 0 Å². The Hall–Kier alpha value is -1.21. The van der Waals surface area contributed by atoms with Crippen LogP contribution < -0.4 is 4.90 Å². The second-order valence-electron chi connectivity index (χ2n) is 6.24. The fraction of sp³-hybridized carbons (Fsp3) is 0.812. The fourth-order valence-electron chi connectivity index (χ4n) is 3.24. The van der Waals surface area contributed by atoms with Crippen LogP contribution in [0.2, 0.25) is 0 Å². The fourth-order valence-corrected chi connectivity index (χ4v) is 4.04. The van der Waals surface area contributed by atoms with E-state index in [0.29, 0.717) is 0 Å². The standard InChI is InChI=1S/C16H26N4O2S/c1-3-12-6-7-13(22-12)15(21)19-8-5-9-20(11-10-19)16-17-14(4-2)18-23-16/h12-13H,3-11H2,1-2H3/t12-,13+/m0/s1. The van der Waals surface area contributed by atoms with Crippen molar-refractivity contribution in [3.8, 4) is 0 Å². The molecule has 3 heterocycles. The first-order valence-corrected chi connectivity index (χ1v) is 9.50. The maximum atomic E-state index is 12.7. The Morgan fingerprint density at radius 3 is 2.83 bits per heavy atom. The zero-order valence-corrected chi connectivity index (χ0v) is 14.8. The van der Waals surface area contributed by atoms with E-state index in [0.717, 1.165) is 69.2 Å². The third-order valence-electron chi connectivity index (χ3n) is 4.69. The molecule has 2 aliphatic heterocycles. The van der Waals surface area contributed by atoms with Gasteiger partial charge in [0, 0.05) is 44.1 Å². The number of hydrogen-bond acceptors (Lipinski definition) is 6. The minimum absolute atomic E-state index is 0.175. The molecule has 2 saturated heterocycles. The molecule has 0 radical (unpaired) electrons. The van der Waals surface area contributed by atoms with E-state index < -0.39 is 0 Å². The number of hydrogen-bond donors (Lipinski definition) is 0. The Morgan fingerprint density at radius 2 is 2.13 bits per heavy atom. The lowest BCUT2D eigenvalue weighted by atomic mass is 10.1. The van der Waals surface area contributed by atoms with E-state index in [4.69, 9.17) is 4.74 Å². The van der Waals surface area contributed by atoms with E-state index in [1.54, 1.807) is 0 Å². The molecule has 7 heteroatoms. The lowest BCUT2D eigenvalue weighted by Gasteiger charge is -2.24. The number of aryl methyl sites for hydroxylation is 1. The topological polar surface area (TPSA) is 58.6 Å². The van der Waals surface area contributed by atoms with Crippen molar-refractivity contribution in [3.05, 3.63) is 5.82 Å². The van der Waals surface area contributed by atoms with Crippen LogP contribution in [-0.4, -0.2) is 58.6 Å². The molecule has 23 heavy (non-hydrogen) atoms. The smallest absolute Gasteiger partial charge is 0.251 e. The van der Waals surface area contributed by atoms with Gasteiger partial charge in [0.2, 0.25) is 5.13 Å². The van der Waals surface area contributed by atoms with Gasteiger partial charge < -0.3 is 14.5 Å². The summed E-state index contributed by atoms with van der Waals surface area (Å²) in [6.07, 6.45) is 4.75. The summed E-state index contributed by atoms with van der Waals surface area (Å²) in [5.41, 5.74) is 0. The van der Waals surface area contributed by atoms with Gasteiger partial charge in [-0.05, 0) is 25.7 Å². The minimum atomic E-state index is -0.222. The molecule has 1 aromatic rings. The summed E-state index contributed by atoms with van der Waals surface area (Å²) in [5.74, 6) is 1.08. The molecule has 0 saturated carbocycles. The van der Waals surface area contributed by atoms with Gasteiger partial charge in [-0.3, -0.25) is 4.79 Å². The third kappa shape index (κ3) is 3.83. The SMILES string of the molecule is CCc1nsc(N2CCCN(C(=O)[C@H]3CC[C@H](CC)O3)CC2)n1. The number of rotatable bonds is 4. The molecule has 0 bridgehead atoms. The van der Waals surface area contributed by atoms with Crippen LogP contribution in [0.5, 0.6) is 0 Å². The molecule has 0 aliphatic carbocycles. The normalized spacial score (nSPS) is 25.7. The predicted molar refractivity (Wildman–Crippen MR) is 90.9 cm³/mol. The van der Waals surface area contributed by atoms with E-state index >= 15 is 0 Å². The largest absolute Gasteiger partial charge is 0.365 e. The van der Waals surface area contributed by atoms with Crippen LogP contribution in [0.25, 0.3) is 0 Å². The van der Waals surface area contributed by atoms with Crippen LogP contribution in [-0.2, 0) is 16.0 Å². The molecule has 0 unspecified atom stereocenters. The van der Waals surface area contributed by atoms with Gasteiger partial charge in [-0.1, -0.05) is 13.8 Å². The van der Waals surface area contributed by atoms with Crippen molar-refractivity contribution >= 4 is 22.6 Å². The van der Waals surface area contributed by atoms with Crippen molar-refractivity contribution in [2.45, 2.75) is 58.2 Å². The van der Waals surface area contributed by atoms with Gasteiger partial charge in [-0.25, -0.2) is 4.98 Å². The summed E-state index contributed by atoms with van der Waals surface area (Å²) in [5, 5.41) is 0.985. The molecule has 128 valence electrons. The van der Waals surface area contributed by atoms with Gasteiger partial charge in [0.05, 0.1) is 6.10 Å². The first-order valence-electron chi connectivity index (χ1n) is 8.73. The molecule has 2 fully saturated rings. The number of nitrogens with zero attached hydrogens (tertiary/aromatic N) is 4. The van der Waals surface area contributed by atoms with E-state index in [-0.39, 0.29) is 18.1 Å². The van der Waals surface area contributed by atoms with Gasteiger partial charge in [0.25, 0.3) is 5.91 Å². The molecule has 0 N–H and O–H groups in total. The molecule has 2 aliphatic rings. The van der Waals surface area contributed by atoms with Gasteiger partial charge in [-0.2, -0.15) is 4.37 Å². The predicted octanol–water partition coefficient (Wildman–Crippen LogP) is 2.10. The maximum Gasteiger partial charge on any atom is 0.251 e. The summed E-state index contributed by atoms with van der Waals surface area (Å²) in [7, 11) is 0. The lowest BCUT2D eigenvalue weighted by molar-refractivity contribution is -0.142. The molecular formula is C16H26N4O2S. The Bertz CT molecular complexity index is 536. The number of amides is 1. The lowest BCUT2D eigenvalue weighted by Crippen LogP contribution is -2.41. The maximum absolute atomic E-state index is 12.7. The molecule has 6 nitrogen and oxygen atoms in total.